The van der Waals surface area contributed by atoms with E-state index in [0.29, 0.717) is 5.56 Å². The third-order valence-electron chi connectivity index (χ3n) is 1.56. The molecular weight excluding hydrogens is 182 g/mol. The van der Waals surface area contributed by atoms with Crippen LogP contribution in [0.2, 0.25) is 0 Å². The molecule has 4 nitrogen and oxygen atoms in total. The van der Waals surface area contributed by atoms with E-state index < -0.39 is 5.97 Å². The highest BCUT2D eigenvalue weighted by atomic mass is 16.4. The maximum atomic E-state index is 10.5. The SMILES string of the molecule is NCC#Cc1ccc(C(=O)O)c(O)c1. The van der Waals surface area contributed by atoms with Crippen molar-refractivity contribution in [2.75, 3.05) is 6.54 Å². The lowest BCUT2D eigenvalue weighted by molar-refractivity contribution is 0.0694. The van der Waals surface area contributed by atoms with Gasteiger partial charge in [0, 0.05) is 5.56 Å². The van der Waals surface area contributed by atoms with Crippen LogP contribution in [-0.2, 0) is 0 Å². The molecule has 0 unspecified atom stereocenters. The maximum Gasteiger partial charge on any atom is 0.339 e. The van der Waals surface area contributed by atoms with Crippen LogP contribution in [0.1, 0.15) is 15.9 Å². The van der Waals surface area contributed by atoms with Gasteiger partial charge < -0.3 is 15.9 Å². The molecule has 0 heterocycles. The molecule has 1 aromatic carbocycles. The minimum atomic E-state index is -1.17. The molecule has 0 aromatic heterocycles. The molecule has 4 heteroatoms. The van der Waals surface area contributed by atoms with Gasteiger partial charge in [-0.05, 0) is 18.2 Å². The molecule has 14 heavy (non-hydrogen) atoms. The largest absolute Gasteiger partial charge is 0.507 e. The quantitative estimate of drug-likeness (QED) is 0.561. The Hall–Kier alpha value is -1.99. The lowest BCUT2D eigenvalue weighted by Gasteiger charge is -1.98. The molecular formula is C10H9NO3. The number of carboxylic acid groups (broad SMARTS) is 1. The van der Waals surface area contributed by atoms with Crippen LogP contribution in [0.4, 0.5) is 0 Å². The second kappa shape index (κ2) is 4.30. The third-order valence-corrected chi connectivity index (χ3v) is 1.56. The van der Waals surface area contributed by atoms with Crippen molar-refractivity contribution < 1.29 is 15.0 Å². The van der Waals surface area contributed by atoms with Crippen LogP contribution in [0.3, 0.4) is 0 Å². The summed E-state index contributed by atoms with van der Waals surface area (Å²) in [5.41, 5.74) is 5.57. The molecule has 0 aliphatic rings. The molecule has 1 rings (SSSR count). The third kappa shape index (κ3) is 2.25. The number of hydrogen-bond acceptors (Lipinski definition) is 3. The van der Waals surface area contributed by atoms with Gasteiger partial charge in [-0.15, -0.1) is 0 Å². The van der Waals surface area contributed by atoms with Gasteiger partial charge in [-0.2, -0.15) is 0 Å². The van der Waals surface area contributed by atoms with E-state index in [1.165, 1.54) is 18.2 Å². The van der Waals surface area contributed by atoms with E-state index in [0.717, 1.165) is 0 Å². The fourth-order valence-corrected chi connectivity index (χ4v) is 0.943. The van der Waals surface area contributed by atoms with Gasteiger partial charge in [0.1, 0.15) is 11.3 Å². The van der Waals surface area contributed by atoms with Gasteiger partial charge in [-0.3, -0.25) is 0 Å². The van der Waals surface area contributed by atoms with E-state index >= 15 is 0 Å². The number of hydrogen-bond donors (Lipinski definition) is 3. The predicted molar refractivity (Wildman–Crippen MR) is 51.0 cm³/mol. The van der Waals surface area contributed by atoms with Crippen molar-refractivity contribution >= 4 is 5.97 Å². The Bertz CT molecular complexity index is 415. The Balaban J connectivity index is 3.06. The summed E-state index contributed by atoms with van der Waals surface area (Å²) in [5.74, 6) is 3.83. The Labute approximate surface area is 81.0 Å². The Kier molecular flexibility index (Phi) is 3.10. The summed E-state index contributed by atoms with van der Waals surface area (Å²) in [7, 11) is 0. The normalized spacial score (nSPS) is 8.93. The summed E-state index contributed by atoms with van der Waals surface area (Å²) in [5, 5.41) is 17.9. The second-order valence-corrected chi connectivity index (χ2v) is 2.54. The van der Waals surface area contributed by atoms with E-state index in [4.69, 9.17) is 10.8 Å². The number of aromatic carboxylic acids is 1. The average Bonchev–Trinajstić information content (AvgIpc) is 2.14. The van der Waals surface area contributed by atoms with Crippen LogP contribution < -0.4 is 5.73 Å². The number of aromatic hydroxyl groups is 1. The van der Waals surface area contributed by atoms with E-state index in [1.807, 2.05) is 0 Å². The van der Waals surface area contributed by atoms with Gasteiger partial charge in [0.2, 0.25) is 0 Å². The van der Waals surface area contributed by atoms with Crippen molar-refractivity contribution in [2.45, 2.75) is 0 Å². The first-order valence-electron chi connectivity index (χ1n) is 3.90. The highest BCUT2D eigenvalue weighted by Crippen LogP contribution is 2.17. The summed E-state index contributed by atoms with van der Waals surface area (Å²) in [6.45, 7) is 0.224. The standard InChI is InChI=1S/C10H9NO3/c11-5-1-2-7-3-4-8(10(13)14)9(12)6-7/h3-4,6,12H,5,11H2,(H,13,14). The minimum Gasteiger partial charge on any atom is -0.507 e. The zero-order valence-electron chi connectivity index (χ0n) is 7.32. The zero-order chi connectivity index (χ0) is 10.6. The summed E-state index contributed by atoms with van der Waals surface area (Å²) >= 11 is 0. The molecule has 4 N–H and O–H groups in total. The van der Waals surface area contributed by atoms with Crippen molar-refractivity contribution in [1.82, 2.24) is 0 Å². The van der Waals surface area contributed by atoms with Crippen LogP contribution in [-0.4, -0.2) is 22.7 Å². The molecule has 0 spiro atoms. The topological polar surface area (TPSA) is 83.6 Å². The number of benzene rings is 1. The van der Waals surface area contributed by atoms with Crippen LogP contribution >= 0.6 is 0 Å². The number of phenols is 1. The molecule has 0 amide bonds. The summed E-state index contributed by atoms with van der Waals surface area (Å²) in [4.78, 5) is 10.5. The first kappa shape index (κ1) is 10.1. The van der Waals surface area contributed by atoms with Gasteiger partial charge in [0.25, 0.3) is 0 Å². The van der Waals surface area contributed by atoms with Crippen LogP contribution in [0, 0.1) is 11.8 Å². The van der Waals surface area contributed by atoms with Gasteiger partial charge in [-0.1, -0.05) is 11.8 Å². The predicted octanol–water partition coefficient (Wildman–Crippen LogP) is 0.401. The molecule has 0 saturated heterocycles. The van der Waals surface area contributed by atoms with Crippen molar-refractivity contribution in [3.63, 3.8) is 0 Å². The van der Waals surface area contributed by atoms with Gasteiger partial charge in [0.05, 0.1) is 6.54 Å². The molecule has 0 saturated carbocycles. The van der Waals surface area contributed by atoms with Crippen molar-refractivity contribution in [3.05, 3.63) is 29.3 Å². The summed E-state index contributed by atoms with van der Waals surface area (Å²) in [6, 6.07) is 4.12. The fourth-order valence-electron chi connectivity index (χ4n) is 0.943. The molecule has 0 atom stereocenters. The van der Waals surface area contributed by atoms with E-state index in [-0.39, 0.29) is 17.9 Å². The van der Waals surface area contributed by atoms with Crippen LogP contribution in [0.5, 0.6) is 5.75 Å². The second-order valence-electron chi connectivity index (χ2n) is 2.54. The smallest absolute Gasteiger partial charge is 0.339 e. The van der Waals surface area contributed by atoms with Gasteiger partial charge in [0.15, 0.2) is 0 Å². The van der Waals surface area contributed by atoms with Crippen LogP contribution in [0.25, 0.3) is 0 Å². The lowest BCUT2D eigenvalue weighted by Crippen LogP contribution is -1.97. The first-order chi connectivity index (χ1) is 6.65. The lowest BCUT2D eigenvalue weighted by atomic mass is 10.1. The van der Waals surface area contributed by atoms with Gasteiger partial charge >= 0.3 is 5.97 Å². The molecule has 0 aliphatic carbocycles. The average molecular weight is 191 g/mol. The Morgan fingerprint density at radius 3 is 2.71 bits per heavy atom. The molecule has 0 bridgehead atoms. The molecule has 0 radical (unpaired) electrons. The highest BCUT2D eigenvalue weighted by Gasteiger charge is 2.08. The van der Waals surface area contributed by atoms with E-state index in [2.05, 4.69) is 11.8 Å². The zero-order valence-corrected chi connectivity index (χ0v) is 7.32. The fraction of sp³-hybridized carbons (Fsp3) is 0.100. The molecule has 1 aromatic rings. The molecule has 0 aliphatic heterocycles. The van der Waals surface area contributed by atoms with Crippen molar-refractivity contribution in [1.29, 1.82) is 0 Å². The number of nitrogens with two attached hydrogens (primary N) is 1. The maximum absolute atomic E-state index is 10.5. The number of carbonyl (C=O) groups is 1. The van der Waals surface area contributed by atoms with Crippen LogP contribution in [0.15, 0.2) is 18.2 Å². The highest BCUT2D eigenvalue weighted by molar-refractivity contribution is 5.90. The number of rotatable bonds is 1. The molecule has 72 valence electrons. The van der Waals surface area contributed by atoms with E-state index in [1.54, 1.807) is 0 Å². The summed E-state index contributed by atoms with van der Waals surface area (Å²) < 4.78 is 0. The monoisotopic (exact) mass is 191 g/mol. The minimum absolute atomic E-state index is 0.136. The van der Waals surface area contributed by atoms with Gasteiger partial charge in [-0.25, -0.2) is 4.79 Å². The Morgan fingerprint density at radius 2 is 2.21 bits per heavy atom. The first-order valence-corrected chi connectivity index (χ1v) is 3.90. The van der Waals surface area contributed by atoms with E-state index in [9.17, 15) is 9.90 Å². The molecule has 0 fully saturated rings. The Morgan fingerprint density at radius 1 is 1.50 bits per heavy atom. The van der Waals surface area contributed by atoms with Crippen molar-refractivity contribution in [2.24, 2.45) is 5.73 Å². The summed E-state index contributed by atoms with van der Waals surface area (Å²) in [6.07, 6.45) is 0. The van der Waals surface area contributed by atoms with Crippen molar-refractivity contribution in [3.8, 4) is 17.6 Å². The number of carboxylic acids is 1.